The van der Waals surface area contributed by atoms with Gasteiger partial charge in [0.05, 0.1) is 21.8 Å². The predicted molar refractivity (Wildman–Crippen MR) is 131 cm³/mol. The van der Waals surface area contributed by atoms with Crippen molar-refractivity contribution >= 4 is 27.0 Å². The highest BCUT2D eigenvalue weighted by Gasteiger charge is 2.33. The van der Waals surface area contributed by atoms with Crippen LogP contribution < -0.4 is 5.32 Å². The maximum atomic E-state index is 13.4. The zero-order valence-corrected chi connectivity index (χ0v) is 19.8. The van der Waals surface area contributed by atoms with Crippen LogP contribution in [0.5, 0.6) is 0 Å². The number of rotatable bonds is 6. The van der Waals surface area contributed by atoms with Crippen molar-refractivity contribution in [1.82, 2.24) is 19.6 Å². The predicted octanol–water partition coefficient (Wildman–Crippen LogP) is 4.09. The standard InChI is InChI=1S/C26H25FN4O3S/c27-21-10-8-18(9-11-21)16-28-26(32)20-7-4-14-31(17-20)35(33,34)22-12-13-23-24(15-22)30-25(29-23)19-5-2-1-3-6-19/h1-3,5-6,8-13,15,20H,4,7,14,16-17H2,(H,28,32)(H,29,30)/t20-/m0/s1. The minimum atomic E-state index is -3.78. The molecule has 0 radical (unpaired) electrons. The van der Waals surface area contributed by atoms with Crippen LogP contribution in [0.1, 0.15) is 18.4 Å². The molecule has 0 spiro atoms. The number of fused-ring (bicyclic) bond motifs is 1. The van der Waals surface area contributed by atoms with Crippen LogP contribution in [0.25, 0.3) is 22.4 Å². The van der Waals surface area contributed by atoms with Crippen molar-refractivity contribution in [3.8, 4) is 11.4 Å². The summed E-state index contributed by atoms with van der Waals surface area (Å²) < 4.78 is 41.3. The molecule has 0 saturated carbocycles. The van der Waals surface area contributed by atoms with E-state index in [4.69, 9.17) is 0 Å². The van der Waals surface area contributed by atoms with E-state index in [0.717, 1.165) is 11.1 Å². The van der Waals surface area contributed by atoms with Gasteiger partial charge in [-0.15, -0.1) is 0 Å². The Labute approximate surface area is 203 Å². The van der Waals surface area contributed by atoms with Crippen LogP contribution in [0.15, 0.2) is 77.7 Å². The summed E-state index contributed by atoms with van der Waals surface area (Å²) in [6, 6.07) is 20.4. The summed E-state index contributed by atoms with van der Waals surface area (Å²) in [6.07, 6.45) is 1.21. The van der Waals surface area contributed by atoms with Gasteiger partial charge in [0.25, 0.3) is 0 Å². The van der Waals surface area contributed by atoms with Crippen molar-refractivity contribution < 1.29 is 17.6 Å². The molecule has 1 amide bonds. The zero-order valence-electron chi connectivity index (χ0n) is 18.9. The first-order valence-corrected chi connectivity index (χ1v) is 12.9. The van der Waals surface area contributed by atoms with E-state index in [9.17, 15) is 17.6 Å². The van der Waals surface area contributed by atoms with Gasteiger partial charge in [0.2, 0.25) is 15.9 Å². The average Bonchev–Trinajstić information content (AvgIpc) is 3.32. The third-order valence-electron chi connectivity index (χ3n) is 6.27. The first kappa shape index (κ1) is 23.2. The minimum Gasteiger partial charge on any atom is -0.352 e. The Hall–Kier alpha value is -3.56. The highest BCUT2D eigenvalue weighted by Crippen LogP contribution is 2.27. The topological polar surface area (TPSA) is 95.2 Å². The van der Waals surface area contributed by atoms with Crippen LogP contribution >= 0.6 is 0 Å². The summed E-state index contributed by atoms with van der Waals surface area (Å²) in [5, 5.41) is 2.85. The van der Waals surface area contributed by atoms with Crippen LogP contribution in [0.3, 0.4) is 0 Å². The fraction of sp³-hybridized carbons (Fsp3) is 0.231. The molecule has 0 unspecified atom stereocenters. The van der Waals surface area contributed by atoms with Crippen molar-refractivity contribution in [2.75, 3.05) is 13.1 Å². The van der Waals surface area contributed by atoms with E-state index in [-0.39, 0.29) is 29.7 Å². The Kier molecular flexibility index (Phi) is 6.36. The van der Waals surface area contributed by atoms with Crippen molar-refractivity contribution in [2.45, 2.75) is 24.3 Å². The first-order chi connectivity index (χ1) is 16.9. The summed E-state index contributed by atoms with van der Waals surface area (Å²) >= 11 is 0. The Bertz CT molecular complexity index is 1450. The second-order valence-corrected chi connectivity index (χ2v) is 10.6. The molecule has 1 atom stereocenters. The zero-order chi connectivity index (χ0) is 24.4. The number of hydrogen-bond acceptors (Lipinski definition) is 4. The number of halogens is 1. The highest BCUT2D eigenvalue weighted by molar-refractivity contribution is 7.89. The lowest BCUT2D eigenvalue weighted by Gasteiger charge is -2.31. The largest absolute Gasteiger partial charge is 0.352 e. The molecule has 1 saturated heterocycles. The molecule has 3 aromatic carbocycles. The van der Waals surface area contributed by atoms with Gasteiger partial charge in [-0.3, -0.25) is 4.79 Å². The molecule has 35 heavy (non-hydrogen) atoms. The molecule has 2 heterocycles. The molecule has 0 aliphatic carbocycles. The smallest absolute Gasteiger partial charge is 0.243 e. The minimum absolute atomic E-state index is 0.119. The number of carbonyl (C=O) groups excluding carboxylic acids is 1. The molecule has 4 aromatic rings. The van der Waals surface area contributed by atoms with E-state index >= 15 is 0 Å². The van der Waals surface area contributed by atoms with Gasteiger partial charge in [-0.25, -0.2) is 17.8 Å². The summed E-state index contributed by atoms with van der Waals surface area (Å²) in [4.78, 5) is 20.7. The normalized spacial score (nSPS) is 16.9. The fourth-order valence-electron chi connectivity index (χ4n) is 4.34. The number of aromatic amines is 1. The number of piperidine rings is 1. The molecular weight excluding hydrogens is 467 g/mol. The van der Waals surface area contributed by atoms with E-state index in [2.05, 4.69) is 15.3 Å². The molecule has 1 aliphatic rings. The highest BCUT2D eigenvalue weighted by atomic mass is 32.2. The number of H-pyrrole nitrogens is 1. The van der Waals surface area contributed by atoms with E-state index in [1.807, 2.05) is 30.3 Å². The lowest BCUT2D eigenvalue weighted by molar-refractivity contribution is -0.126. The number of amides is 1. The van der Waals surface area contributed by atoms with E-state index in [1.165, 1.54) is 16.4 Å². The fourth-order valence-corrected chi connectivity index (χ4v) is 5.89. The van der Waals surface area contributed by atoms with Gasteiger partial charge in [0, 0.05) is 25.2 Å². The second kappa shape index (κ2) is 9.59. The van der Waals surface area contributed by atoms with Crippen LogP contribution in [0.4, 0.5) is 4.39 Å². The van der Waals surface area contributed by atoms with Crippen LogP contribution in [-0.2, 0) is 21.4 Å². The summed E-state index contributed by atoms with van der Waals surface area (Å²) in [6.45, 7) is 0.747. The maximum absolute atomic E-state index is 13.4. The SMILES string of the molecule is O=C(NCc1ccc(F)cc1)[C@H]1CCCN(S(=O)(=O)c2ccc3nc(-c4ccccc4)[nH]c3c2)C1. The van der Waals surface area contributed by atoms with Gasteiger partial charge in [-0.05, 0) is 48.7 Å². The average molecular weight is 493 g/mol. The van der Waals surface area contributed by atoms with Gasteiger partial charge in [0.15, 0.2) is 0 Å². The summed E-state index contributed by atoms with van der Waals surface area (Å²) in [5.74, 6) is -0.311. The van der Waals surface area contributed by atoms with Crippen molar-refractivity contribution in [3.63, 3.8) is 0 Å². The molecule has 5 rings (SSSR count). The third-order valence-corrected chi connectivity index (χ3v) is 8.13. The maximum Gasteiger partial charge on any atom is 0.243 e. The molecule has 0 bridgehead atoms. The van der Waals surface area contributed by atoms with Crippen molar-refractivity contribution in [1.29, 1.82) is 0 Å². The first-order valence-electron chi connectivity index (χ1n) is 11.5. The Balaban J connectivity index is 1.30. The van der Waals surface area contributed by atoms with E-state index < -0.39 is 15.9 Å². The molecular formula is C26H25FN4O3S. The van der Waals surface area contributed by atoms with Gasteiger partial charge < -0.3 is 10.3 Å². The number of benzene rings is 3. The molecule has 180 valence electrons. The molecule has 1 aliphatic heterocycles. The number of sulfonamides is 1. The molecule has 9 heteroatoms. The lowest BCUT2D eigenvalue weighted by Crippen LogP contribution is -2.45. The Morgan fingerprint density at radius 2 is 1.86 bits per heavy atom. The van der Waals surface area contributed by atoms with Crippen molar-refractivity contribution in [3.05, 3.63) is 84.2 Å². The number of nitrogens with one attached hydrogen (secondary N) is 2. The quantitative estimate of drug-likeness (QED) is 0.424. The van der Waals surface area contributed by atoms with E-state index in [1.54, 1.807) is 30.3 Å². The van der Waals surface area contributed by atoms with Crippen LogP contribution in [0, 0.1) is 11.7 Å². The third kappa shape index (κ3) is 4.96. The van der Waals surface area contributed by atoms with Gasteiger partial charge in [0.1, 0.15) is 11.6 Å². The monoisotopic (exact) mass is 492 g/mol. The molecule has 1 aromatic heterocycles. The Morgan fingerprint density at radius 3 is 2.63 bits per heavy atom. The molecule has 1 fully saturated rings. The number of aromatic nitrogens is 2. The molecule has 7 nitrogen and oxygen atoms in total. The van der Waals surface area contributed by atoms with Gasteiger partial charge in [-0.1, -0.05) is 42.5 Å². The molecule has 2 N–H and O–H groups in total. The number of hydrogen-bond donors (Lipinski definition) is 2. The van der Waals surface area contributed by atoms with Crippen LogP contribution in [-0.4, -0.2) is 41.7 Å². The number of carbonyl (C=O) groups is 1. The summed E-state index contributed by atoms with van der Waals surface area (Å²) in [5.41, 5.74) is 3.01. The summed E-state index contributed by atoms with van der Waals surface area (Å²) in [7, 11) is -3.78. The van der Waals surface area contributed by atoms with Gasteiger partial charge >= 0.3 is 0 Å². The Morgan fingerprint density at radius 1 is 1.09 bits per heavy atom. The van der Waals surface area contributed by atoms with Gasteiger partial charge in [-0.2, -0.15) is 4.31 Å². The number of imidazole rings is 1. The van der Waals surface area contributed by atoms with Crippen molar-refractivity contribution in [2.24, 2.45) is 5.92 Å². The second-order valence-electron chi connectivity index (χ2n) is 8.68. The number of nitrogens with zero attached hydrogens (tertiary/aromatic N) is 2. The van der Waals surface area contributed by atoms with E-state index in [0.29, 0.717) is 36.2 Å². The lowest BCUT2D eigenvalue weighted by atomic mass is 9.99. The van der Waals surface area contributed by atoms with Crippen LogP contribution in [0.2, 0.25) is 0 Å².